The fourth-order valence-corrected chi connectivity index (χ4v) is 3.24. The predicted octanol–water partition coefficient (Wildman–Crippen LogP) is 1.76. The molecule has 0 amide bonds. The SMILES string of the molecule is CN(CCNc1ccc(S(N)(=O)=O)cc1F)C1CCCC1. The molecule has 0 bridgehead atoms. The Balaban J connectivity index is 1.88. The van der Waals surface area contributed by atoms with Crippen molar-refractivity contribution in [1.82, 2.24) is 4.90 Å². The van der Waals surface area contributed by atoms with E-state index < -0.39 is 15.8 Å². The van der Waals surface area contributed by atoms with Gasteiger partial charge in [0.2, 0.25) is 10.0 Å². The number of likely N-dealkylation sites (N-methyl/N-ethyl adjacent to an activating group) is 1. The molecule has 1 aliphatic carbocycles. The molecule has 3 N–H and O–H groups in total. The molecular weight excluding hydrogens is 293 g/mol. The van der Waals surface area contributed by atoms with Crippen LogP contribution >= 0.6 is 0 Å². The smallest absolute Gasteiger partial charge is 0.238 e. The molecule has 2 rings (SSSR count). The summed E-state index contributed by atoms with van der Waals surface area (Å²) in [4.78, 5) is 2.07. The molecule has 1 aromatic rings. The number of nitrogens with one attached hydrogen (secondary N) is 1. The van der Waals surface area contributed by atoms with E-state index in [1.807, 2.05) is 0 Å². The number of nitrogens with two attached hydrogens (primary N) is 1. The number of nitrogens with zero attached hydrogens (tertiary/aromatic N) is 1. The maximum absolute atomic E-state index is 13.8. The molecule has 0 heterocycles. The van der Waals surface area contributed by atoms with Gasteiger partial charge in [-0.3, -0.25) is 0 Å². The highest BCUT2D eigenvalue weighted by Gasteiger charge is 2.19. The van der Waals surface area contributed by atoms with Crippen LogP contribution in [0.15, 0.2) is 23.1 Å². The van der Waals surface area contributed by atoms with Crippen molar-refractivity contribution < 1.29 is 12.8 Å². The molecule has 0 aromatic heterocycles. The second-order valence-electron chi connectivity index (χ2n) is 5.53. The van der Waals surface area contributed by atoms with Crippen LogP contribution in [-0.4, -0.2) is 39.5 Å². The molecule has 0 unspecified atom stereocenters. The fourth-order valence-electron chi connectivity index (χ4n) is 2.71. The van der Waals surface area contributed by atoms with E-state index in [1.54, 1.807) is 0 Å². The second-order valence-corrected chi connectivity index (χ2v) is 7.09. The Labute approximate surface area is 125 Å². The number of hydrogen-bond donors (Lipinski definition) is 2. The van der Waals surface area contributed by atoms with E-state index in [2.05, 4.69) is 17.3 Å². The van der Waals surface area contributed by atoms with Crippen LogP contribution in [0.2, 0.25) is 0 Å². The number of halogens is 1. The number of sulfonamides is 1. The standard InChI is InChI=1S/C14H22FN3O2S/c1-18(11-4-2-3-5-11)9-8-17-14-7-6-12(10-13(14)15)21(16,19)20/h6-7,10-11,17H,2-5,8-9H2,1H3,(H2,16,19,20). The van der Waals surface area contributed by atoms with Gasteiger partial charge in [0.25, 0.3) is 0 Å². The van der Waals surface area contributed by atoms with Gasteiger partial charge in [0, 0.05) is 19.1 Å². The van der Waals surface area contributed by atoms with Crippen LogP contribution in [0.1, 0.15) is 25.7 Å². The number of anilines is 1. The summed E-state index contributed by atoms with van der Waals surface area (Å²) in [7, 11) is -1.78. The van der Waals surface area contributed by atoms with Crippen LogP contribution in [0.25, 0.3) is 0 Å². The number of hydrogen-bond acceptors (Lipinski definition) is 4. The van der Waals surface area contributed by atoms with E-state index in [9.17, 15) is 12.8 Å². The van der Waals surface area contributed by atoms with Crippen molar-refractivity contribution in [2.75, 3.05) is 25.5 Å². The highest BCUT2D eigenvalue weighted by molar-refractivity contribution is 7.89. The molecule has 0 saturated heterocycles. The Morgan fingerprint density at radius 1 is 1.38 bits per heavy atom. The molecular formula is C14H22FN3O2S. The highest BCUT2D eigenvalue weighted by atomic mass is 32.2. The fraction of sp³-hybridized carbons (Fsp3) is 0.571. The molecule has 0 radical (unpaired) electrons. The Kier molecular flexibility index (Phi) is 5.18. The Bertz CT molecular complexity index is 586. The first-order valence-electron chi connectivity index (χ1n) is 7.14. The van der Waals surface area contributed by atoms with Gasteiger partial charge in [0.15, 0.2) is 0 Å². The average molecular weight is 315 g/mol. The van der Waals surface area contributed by atoms with Crippen molar-refractivity contribution in [3.8, 4) is 0 Å². The maximum Gasteiger partial charge on any atom is 0.238 e. The van der Waals surface area contributed by atoms with Crippen molar-refractivity contribution in [1.29, 1.82) is 0 Å². The van der Waals surface area contributed by atoms with Crippen molar-refractivity contribution in [3.63, 3.8) is 0 Å². The molecule has 0 atom stereocenters. The summed E-state index contributed by atoms with van der Waals surface area (Å²) in [5, 5.41) is 7.96. The second kappa shape index (κ2) is 6.72. The van der Waals surface area contributed by atoms with E-state index in [0.29, 0.717) is 18.3 Å². The van der Waals surface area contributed by atoms with E-state index in [1.165, 1.54) is 37.8 Å². The third-order valence-electron chi connectivity index (χ3n) is 4.00. The summed E-state index contributed by atoms with van der Waals surface area (Å²) in [5.41, 5.74) is 0.294. The molecule has 0 aliphatic heterocycles. The average Bonchev–Trinajstić information content (AvgIpc) is 2.93. The first-order chi connectivity index (χ1) is 9.88. The lowest BCUT2D eigenvalue weighted by molar-refractivity contribution is 0.254. The lowest BCUT2D eigenvalue weighted by Crippen LogP contribution is -2.33. The van der Waals surface area contributed by atoms with E-state index in [-0.39, 0.29) is 4.90 Å². The van der Waals surface area contributed by atoms with Crippen molar-refractivity contribution in [3.05, 3.63) is 24.0 Å². The van der Waals surface area contributed by atoms with E-state index in [0.717, 1.165) is 12.6 Å². The van der Waals surface area contributed by atoms with Crippen LogP contribution in [-0.2, 0) is 10.0 Å². The minimum atomic E-state index is -3.86. The highest BCUT2D eigenvalue weighted by Crippen LogP contribution is 2.22. The molecule has 1 saturated carbocycles. The summed E-state index contributed by atoms with van der Waals surface area (Å²) in [6.07, 6.45) is 5.03. The first kappa shape index (κ1) is 16.2. The van der Waals surface area contributed by atoms with E-state index in [4.69, 9.17) is 5.14 Å². The van der Waals surface area contributed by atoms with Crippen molar-refractivity contribution in [2.45, 2.75) is 36.6 Å². The first-order valence-corrected chi connectivity index (χ1v) is 8.69. The van der Waals surface area contributed by atoms with Crippen LogP contribution < -0.4 is 10.5 Å². The van der Waals surface area contributed by atoms with Gasteiger partial charge in [0.1, 0.15) is 5.82 Å². The molecule has 0 spiro atoms. The monoisotopic (exact) mass is 315 g/mol. The molecule has 1 fully saturated rings. The summed E-state index contributed by atoms with van der Waals surface area (Å²) in [5.74, 6) is -0.606. The lowest BCUT2D eigenvalue weighted by atomic mass is 10.2. The zero-order chi connectivity index (χ0) is 15.5. The van der Waals surface area contributed by atoms with Gasteiger partial charge in [-0.05, 0) is 38.1 Å². The zero-order valence-electron chi connectivity index (χ0n) is 12.2. The van der Waals surface area contributed by atoms with Gasteiger partial charge in [0.05, 0.1) is 10.6 Å². The van der Waals surface area contributed by atoms with Gasteiger partial charge in [-0.25, -0.2) is 17.9 Å². The molecule has 118 valence electrons. The van der Waals surface area contributed by atoms with Crippen molar-refractivity contribution >= 4 is 15.7 Å². The van der Waals surface area contributed by atoms with Gasteiger partial charge >= 0.3 is 0 Å². The topological polar surface area (TPSA) is 75.4 Å². The Morgan fingerprint density at radius 3 is 2.62 bits per heavy atom. The molecule has 1 aliphatic rings. The summed E-state index contributed by atoms with van der Waals surface area (Å²) in [6.45, 7) is 1.43. The van der Waals surface area contributed by atoms with Gasteiger partial charge in [-0.1, -0.05) is 12.8 Å². The lowest BCUT2D eigenvalue weighted by Gasteiger charge is -2.24. The van der Waals surface area contributed by atoms with Gasteiger partial charge in [-0.15, -0.1) is 0 Å². The van der Waals surface area contributed by atoms with Crippen LogP contribution in [0, 0.1) is 5.82 Å². The Hall–Kier alpha value is -1.18. The van der Waals surface area contributed by atoms with E-state index >= 15 is 0 Å². The van der Waals surface area contributed by atoms with Crippen LogP contribution in [0.5, 0.6) is 0 Å². The number of primary sulfonamides is 1. The maximum atomic E-state index is 13.8. The molecule has 5 nitrogen and oxygen atoms in total. The summed E-state index contributed by atoms with van der Waals surface area (Å²) < 4.78 is 36.1. The van der Waals surface area contributed by atoms with Crippen LogP contribution in [0.4, 0.5) is 10.1 Å². The van der Waals surface area contributed by atoms with Crippen LogP contribution in [0.3, 0.4) is 0 Å². The molecule has 1 aromatic carbocycles. The minimum Gasteiger partial charge on any atom is -0.381 e. The largest absolute Gasteiger partial charge is 0.381 e. The predicted molar refractivity (Wildman–Crippen MR) is 81.1 cm³/mol. The Morgan fingerprint density at radius 2 is 2.05 bits per heavy atom. The summed E-state index contributed by atoms with van der Waals surface area (Å²) in [6, 6.07) is 4.28. The van der Waals surface area contributed by atoms with Gasteiger partial charge < -0.3 is 10.2 Å². The summed E-state index contributed by atoms with van der Waals surface area (Å²) >= 11 is 0. The number of rotatable bonds is 6. The third kappa shape index (κ3) is 4.39. The molecule has 7 heteroatoms. The van der Waals surface area contributed by atoms with Gasteiger partial charge in [-0.2, -0.15) is 0 Å². The third-order valence-corrected chi connectivity index (χ3v) is 4.91. The molecule has 21 heavy (non-hydrogen) atoms. The zero-order valence-corrected chi connectivity index (χ0v) is 13.0. The van der Waals surface area contributed by atoms with Crippen molar-refractivity contribution in [2.24, 2.45) is 5.14 Å². The normalized spacial score (nSPS) is 16.6. The number of benzene rings is 1. The minimum absolute atomic E-state index is 0.214. The quantitative estimate of drug-likeness (QED) is 0.839.